The predicted octanol–water partition coefficient (Wildman–Crippen LogP) is 3.78. The van der Waals surface area contributed by atoms with Gasteiger partial charge in [0, 0.05) is 11.4 Å². The van der Waals surface area contributed by atoms with E-state index in [-0.39, 0.29) is 24.6 Å². The maximum atomic E-state index is 12.9. The fourth-order valence-electron chi connectivity index (χ4n) is 3.47. The average Bonchev–Trinajstić information content (AvgIpc) is 3.06. The van der Waals surface area contributed by atoms with E-state index in [4.69, 9.17) is 4.74 Å². The number of rotatable bonds is 5. The number of carbonyl (C=O) groups is 1. The molecular formula is C21H22N2O3S. The number of ether oxygens (including phenoxy) is 1. The number of aryl methyl sites for hydroxylation is 4. The number of aromatic nitrogens is 2. The summed E-state index contributed by atoms with van der Waals surface area (Å²) in [7, 11) is 0. The van der Waals surface area contributed by atoms with Gasteiger partial charge in [-0.05, 0) is 43.7 Å². The van der Waals surface area contributed by atoms with E-state index in [1.807, 2.05) is 31.2 Å². The van der Waals surface area contributed by atoms with Crippen molar-refractivity contribution in [1.29, 1.82) is 0 Å². The summed E-state index contributed by atoms with van der Waals surface area (Å²) in [5, 5.41) is 0.755. The van der Waals surface area contributed by atoms with Gasteiger partial charge in [0.25, 0.3) is 5.56 Å². The molecule has 0 atom stereocenters. The van der Waals surface area contributed by atoms with Crippen LogP contribution in [-0.2, 0) is 35.5 Å². The standard InChI is InChI=1S/C21H22N2O3S/c1-14-6-8-15(9-7-14)12-26-18(24)10-11-23-13-22-20-19(21(23)25)16-4-2-3-5-17(16)27-20/h6-9,13H,2-5,10-12H2,1H3. The molecule has 2 aromatic heterocycles. The lowest BCUT2D eigenvalue weighted by Crippen LogP contribution is -2.23. The Morgan fingerprint density at radius 1 is 1.22 bits per heavy atom. The molecule has 0 amide bonds. The first-order valence-electron chi connectivity index (χ1n) is 9.32. The molecule has 3 aromatic rings. The monoisotopic (exact) mass is 382 g/mol. The van der Waals surface area contributed by atoms with Crippen molar-refractivity contribution in [2.75, 3.05) is 0 Å². The lowest BCUT2D eigenvalue weighted by atomic mass is 9.97. The Labute approximate surface area is 161 Å². The van der Waals surface area contributed by atoms with Gasteiger partial charge in [-0.25, -0.2) is 4.98 Å². The molecule has 140 valence electrons. The van der Waals surface area contributed by atoms with Crippen molar-refractivity contribution in [3.8, 4) is 0 Å². The van der Waals surface area contributed by atoms with Crippen LogP contribution in [0.4, 0.5) is 0 Å². The summed E-state index contributed by atoms with van der Waals surface area (Å²) in [6.45, 7) is 2.56. The molecule has 5 nitrogen and oxygen atoms in total. The van der Waals surface area contributed by atoms with Crippen molar-refractivity contribution in [2.45, 2.75) is 52.2 Å². The number of benzene rings is 1. The van der Waals surface area contributed by atoms with Gasteiger partial charge in [0.15, 0.2) is 0 Å². The number of nitrogens with zero attached hydrogens (tertiary/aromatic N) is 2. The van der Waals surface area contributed by atoms with Gasteiger partial charge in [-0.2, -0.15) is 0 Å². The first-order chi connectivity index (χ1) is 13.1. The number of hydrogen-bond acceptors (Lipinski definition) is 5. The highest BCUT2D eigenvalue weighted by Crippen LogP contribution is 2.33. The van der Waals surface area contributed by atoms with E-state index in [1.165, 1.54) is 27.0 Å². The lowest BCUT2D eigenvalue weighted by Gasteiger charge is -2.10. The molecule has 0 saturated carbocycles. The van der Waals surface area contributed by atoms with Crippen molar-refractivity contribution in [1.82, 2.24) is 9.55 Å². The number of thiophene rings is 1. The van der Waals surface area contributed by atoms with E-state index in [2.05, 4.69) is 4.98 Å². The Morgan fingerprint density at radius 3 is 2.81 bits per heavy atom. The summed E-state index contributed by atoms with van der Waals surface area (Å²) in [6.07, 6.45) is 6.01. The van der Waals surface area contributed by atoms with Crippen LogP contribution in [0.15, 0.2) is 35.4 Å². The second kappa shape index (κ2) is 7.64. The maximum Gasteiger partial charge on any atom is 0.307 e. The van der Waals surface area contributed by atoms with Crippen LogP contribution in [0.5, 0.6) is 0 Å². The summed E-state index contributed by atoms with van der Waals surface area (Å²) in [4.78, 5) is 31.5. The normalized spacial score (nSPS) is 13.5. The molecule has 0 aliphatic heterocycles. The zero-order valence-electron chi connectivity index (χ0n) is 15.4. The molecular weight excluding hydrogens is 360 g/mol. The van der Waals surface area contributed by atoms with E-state index >= 15 is 0 Å². The molecule has 1 aliphatic rings. The van der Waals surface area contributed by atoms with Crippen LogP contribution in [0.1, 0.15) is 40.8 Å². The minimum atomic E-state index is -0.310. The van der Waals surface area contributed by atoms with Gasteiger partial charge in [0.2, 0.25) is 0 Å². The fourth-order valence-corrected chi connectivity index (χ4v) is 4.69. The van der Waals surface area contributed by atoms with Crippen molar-refractivity contribution < 1.29 is 9.53 Å². The summed E-state index contributed by atoms with van der Waals surface area (Å²) >= 11 is 1.64. The fraction of sp³-hybridized carbons (Fsp3) is 0.381. The molecule has 1 aromatic carbocycles. The van der Waals surface area contributed by atoms with Gasteiger partial charge < -0.3 is 4.74 Å². The smallest absolute Gasteiger partial charge is 0.307 e. The average molecular weight is 382 g/mol. The molecule has 0 bridgehead atoms. The van der Waals surface area contributed by atoms with Crippen LogP contribution in [0, 0.1) is 6.92 Å². The van der Waals surface area contributed by atoms with Crippen LogP contribution in [-0.4, -0.2) is 15.5 Å². The quantitative estimate of drug-likeness (QED) is 0.630. The predicted molar refractivity (Wildman–Crippen MR) is 106 cm³/mol. The molecule has 2 heterocycles. The molecule has 4 rings (SSSR count). The highest BCUT2D eigenvalue weighted by Gasteiger charge is 2.20. The largest absolute Gasteiger partial charge is 0.461 e. The Balaban J connectivity index is 1.42. The molecule has 6 heteroatoms. The van der Waals surface area contributed by atoms with E-state index < -0.39 is 0 Å². The molecule has 0 N–H and O–H groups in total. The number of esters is 1. The highest BCUT2D eigenvalue weighted by molar-refractivity contribution is 7.18. The van der Waals surface area contributed by atoms with E-state index in [9.17, 15) is 9.59 Å². The first-order valence-corrected chi connectivity index (χ1v) is 10.1. The maximum absolute atomic E-state index is 12.9. The van der Waals surface area contributed by atoms with Crippen LogP contribution < -0.4 is 5.56 Å². The van der Waals surface area contributed by atoms with Crippen molar-refractivity contribution in [3.63, 3.8) is 0 Å². The summed E-state index contributed by atoms with van der Waals surface area (Å²) in [5.41, 5.74) is 3.27. The van der Waals surface area contributed by atoms with Gasteiger partial charge in [-0.3, -0.25) is 14.2 Å². The Bertz CT molecular complexity index is 1030. The van der Waals surface area contributed by atoms with Crippen molar-refractivity contribution in [3.05, 3.63) is 62.5 Å². The zero-order chi connectivity index (χ0) is 18.8. The van der Waals surface area contributed by atoms with Crippen LogP contribution in [0.25, 0.3) is 10.2 Å². The van der Waals surface area contributed by atoms with Crippen molar-refractivity contribution >= 4 is 27.5 Å². The second-order valence-corrected chi connectivity index (χ2v) is 8.11. The molecule has 0 spiro atoms. The van der Waals surface area contributed by atoms with Gasteiger partial charge in [0.1, 0.15) is 11.4 Å². The van der Waals surface area contributed by atoms with E-state index in [1.54, 1.807) is 17.7 Å². The van der Waals surface area contributed by atoms with Gasteiger partial charge in [0.05, 0.1) is 18.1 Å². The minimum absolute atomic E-state index is 0.0364. The van der Waals surface area contributed by atoms with Gasteiger partial charge >= 0.3 is 5.97 Å². The molecule has 0 radical (unpaired) electrons. The third-order valence-corrected chi connectivity index (χ3v) is 6.22. The molecule has 0 fully saturated rings. The summed E-state index contributed by atoms with van der Waals surface area (Å²) in [6, 6.07) is 7.88. The Hall–Kier alpha value is -2.47. The van der Waals surface area contributed by atoms with Crippen LogP contribution >= 0.6 is 11.3 Å². The van der Waals surface area contributed by atoms with E-state index in [0.29, 0.717) is 6.54 Å². The van der Waals surface area contributed by atoms with Crippen LogP contribution in [0.2, 0.25) is 0 Å². The van der Waals surface area contributed by atoms with E-state index in [0.717, 1.165) is 35.0 Å². The molecule has 1 aliphatic carbocycles. The third kappa shape index (κ3) is 3.81. The third-order valence-electron chi connectivity index (χ3n) is 5.02. The van der Waals surface area contributed by atoms with Crippen molar-refractivity contribution in [2.24, 2.45) is 0 Å². The van der Waals surface area contributed by atoms with Crippen LogP contribution in [0.3, 0.4) is 0 Å². The molecule has 0 saturated heterocycles. The Morgan fingerprint density at radius 2 is 2.00 bits per heavy atom. The highest BCUT2D eigenvalue weighted by atomic mass is 32.1. The Kier molecular flexibility index (Phi) is 5.07. The number of hydrogen-bond donors (Lipinski definition) is 0. The second-order valence-electron chi connectivity index (χ2n) is 7.03. The van der Waals surface area contributed by atoms with Gasteiger partial charge in [-0.1, -0.05) is 29.8 Å². The minimum Gasteiger partial charge on any atom is -0.461 e. The lowest BCUT2D eigenvalue weighted by molar-refractivity contribution is -0.145. The molecule has 0 unspecified atom stereocenters. The topological polar surface area (TPSA) is 61.2 Å². The molecule has 27 heavy (non-hydrogen) atoms. The SMILES string of the molecule is Cc1ccc(COC(=O)CCn2cnc3sc4c(c3c2=O)CCCC4)cc1. The zero-order valence-corrected chi connectivity index (χ0v) is 16.2. The van der Waals surface area contributed by atoms with Gasteiger partial charge in [-0.15, -0.1) is 11.3 Å². The summed E-state index contributed by atoms with van der Waals surface area (Å²) < 4.78 is 6.86. The first kappa shape index (κ1) is 17.9. The number of carbonyl (C=O) groups excluding carboxylic acids is 1. The number of fused-ring (bicyclic) bond motifs is 3. The summed E-state index contributed by atoms with van der Waals surface area (Å²) in [5.74, 6) is -0.310.